The van der Waals surface area contributed by atoms with Crippen LogP contribution in [0.1, 0.15) is 38.8 Å². The van der Waals surface area contributed by atoms with Crippen molar-refractivity contribution in [3.8, 4) is 11.5 Å². The van der Waals surface area contributed by atoms with Crippen LogP contribution in [0.25, 0.3) is 0 Å². The molecule has 0 saturated carbocycles. The maximum absolute atomic E-state index is 14.4. The molecule has 0 bridgehead atoms. The lowest BCUT2D eigenvalue weighted by molar-refractivity contribution is -0.137. The van der Waals surface area contributed by atoms with E-state index in [1.807, 2.05) is 0 Å². The molecule has 22 heteroatoms. The number of carbonyl (C=O) groups excluding carboxylic acids is 1. The molecule has 6 aromatic rings. The van der Waals surface area contributed by atoms with Gasteiger partial charge in [0.2, 0.25) is 17.8 Å². The fraction of sp³-hybridized carbons (Fsp3) is 0.256. The van der Waals surface area contributed by atoms with Gasteiger partial charge in [-0.1, -0.05) is 47.5 Å². The Morgan fingerprint density at radius 3 is 1.35 bits per heavy atom. The van der Waals surface area contributed by atoms with Crippen LogP contribution < -0.4 is 48.2 Å². The van der Waals surface area contributed by atoms with Crippen LogP contribution in [0.3, 0.4) is 0 Å². The van der Waals surface area contributed by atoms with Crippen molar-refractivity contribution in [1.29, 1.82) is 0 Å². The first-order valence-electron chi connectivity index (χ1n) is 19.6. The number of aromatic nitrogens is 6. The molecule has 0 saturated heterocycles. The molecule has 0 unspecified atom stereocenters. The second kappa shape index (κ2) is 21.8. The number of carboxylic acids is 1. The number of anilines is 4. The Labute approximate surface area is 378 Å². The van der Waals surface area contributed by atoms with E-state index >= 15 is 0 Å². The molecule has 342 valence electrons. The number of carboxylic acid groups (broad SMARTS) is 1. The van der Waals surface area contributed by atoms with Crippen molar-refractivity contribution in [3.05, 3.63) is 160 Å². The molecular weight excluding hydrogens is 895 g/mol. The highest BCUT2D eigenvalue weighted by Gasteiger charge is 2.19. The number of aliphatic carboxylic acids is 1. The summed E-state index contributed by atoms with van der Waals surface area (Å²) >= 11 is 11.8. The summed E-state index contributed by atoms with van der Waals surface area (Å²) in [6, 6.07) is 21.5. The molecule has 4 aromatic carbocycles. The van der Waals surface area contributed by atoms with E-state index in [1.165, 1.54) is 41.9 Å². The number of nitrogens with zero attached hydrogens (tertiary/aromatic N) is 6. The third-order valence-electron chi connectivity index (χ3n) is 8.78. The van der Waals surface area contributed by atoms with E-state index in [2.05, 4.69) is 25.9 Å². The Bertz CT molecular complexity index is 2920. The van der Waals surface area contributed by atoms with E-state index in [0.29, 0.717) is 25.7 Å². The van der Waals surface area contributed by atoms with Gasteiger partial charge in [0.25, 0.3) is 0 Å². The minimum Gasteiger partial charge on any atom is -0.488 e. The average Bonchev–Trinajstić information content (AvgIpc) is 3.24. The molecule has 4 N–H and O–H groups in total. The first kappa shape index (κ1) is 48.7. The molecule has 0 atom stereocenters. The van der Waals surface area contributed by atoms with Gasteiger partial charge in [0.15, 0.2) is 23.1 Å². The summed E-state index contributed by atoms with van der Waals surface area (Å²) in [6.45, 7) is 5.73. The minimum atomic E-state index is -1.37. The lowest BCUT2D eigenvalue weighted by atomic mass is 10.2. The van der Waals surface area contributed by atoms with Crippen LogP contribution in [0.4, 0.5) is 32.1 Å². The van der Waals surface area contributed by atoms with Crippen LogP contribution in [0.2, 0.25) is 10.0 Å². The van der Waals surface area contributed by atoms with Crippen molar-refractivity contribution < 1.29 is 33.0 Å². The van der Waals surface area contributed by atoms with Crippen LogP contribution >= 0.6 is 23.2 Å². The molecule has 0 aliphatic heterocycles. The molecule has 2 aromatic heterocycles. The minimum absolute atomic E-state index is 0.0242. The number of ether oxygens (including phenoxy) is 2. The van der Waals surface area contributed by atoms with Gasteiger partial charge in [0.05, 0.1) is 25.3 Å². The first-order chi connectivity index (χ1) is 30.8. The molecule has 0 aliphatic carbocycles. The molecule has 0 fully saturated rings. The summed E-state index contributed by atoms with van der Waals surface area (Å²) in [5.74, 6) is -3.32. The standard InChI is InChI=1S/C22H23ClFN5O4.C21H20ClFN4O5/c1-13(2)33-18-9-8-16(10-17(18)24)26-20-27-21(31)29(12-19(30)25-3)22(32)28(20)11-14-4-6-15(23)7-5-14;1-12(2)32-17-8-7-15(9-16(17)23)24-19-25-20(30)27(11-18(28)29)21(31)26(19)10-13-3-5-14(22)6-4-13/h4-10,13H,11-12H2,1-3H3,(H,25,30)(H,26,27,31);3-9,12H,10-11H2,1-2H3,(H,28,29)(H,24,25,30). The number of nitrogens with one attached hydrogen (secondary N) is 3. The number of likely N-dealkylation sites (N-methyl/N-ethyl adjacent to an activating group) is 1. The first-order valence-corrected chi connectivity index (χ1v) is 20.4. The van der Waals surface area contributed by atoms with E-state index in [1.54, 1.807) is 76.2 Å². The largest absolute Gasteiger partial charge is 0.488 e. The second-order valence-corrected chi connectivity index (χ2v) is 15.4. The van der Waals surface area contributed by atoms with Crippen molar-refractivity contribution in [3.63, 3.8) is 0 Å². The molecule has 65 heavy (non-hydrogen) atoms. The van der Waals surface area contributed by atoms with Gasteiger partial charge in [-0.3, -0.25) is 18.7 Å². The fourth-order valence-corrected chi connectivity index (χ4v) is 6.07. The van der Waals surface area contributed by atoms with Gasteiger partial charge < -0.3 is 30.5 Å². The predicted molar refractivity (Wildman–Crippen MR) is 239 cm³/mol. The Kier molecular flexibility index (Phi) is 16.4. The summed E-state index contributed by atoms with van der Waals surface area (Å²) in [4.78, 5) is 81.4. The molecule has 6 rings (SSSR count). The molecule has 2 heterocycles. The van der Waals surface area contributed by atoms with Gasteiger partial charge in [0.1, 0.15) is 13.1 Å². The van der Waals surface area contributed by atoms with Crippen molar-refractivity contribution in [2.75, 3.05) is 17.7 Å². The zero-order valence-corrected chi connectivity index (χ0v) is 37.0. The van der Waals surface area contributed by atoms with Crippen LogP contribution in [-0.4, -0.2) is 64.5 Å². The highest BCUT2D eigenvalue weighted by molar-refractivity contribution is 6.30. The quantitative estimate of drug-likeness (QED) is 0.0958. The highest BCUT2D eigenvalue weighted by atomic mass is 35.5. The smallest absolute Gasteiger partial charge is 0.355 e. The van der Waals surface area contributed by atoms with Crippen molar-refractivity contribution in [1.82, 2.24) is 33.6 Å². The van der Waals surface area contributed by atoms with Crippen LogP contribution in [-0.2, 0) is 35.8 Å². The maximum atomic E-state index is 14.4. The molecular formula is C43H43Cl2F2N9O9. The number of halogens is 4. The van der Waals surface area contributed by atoms with Crippen LogP contribution in [0.5, 0.6) is 11.5 Å². The Hall–Kier alpha value is -7.32. The molecule has 0 aliphatic rings. The van der Waals surface area contributed by atoms with E-state index in [0.717, 1.165) is 15.2 Å². The lowest BCUT2D eigenvalue weighted by Crippen LogP contribution is -2.45. The van der Waals surface area contributed by atoms with Gasteiger partial charge in [0, 0.05) is 40.6 Å². The number of hydrogen-bond donors (Lipinski definition) is 4. The normalized spacial score (nSPS) is 10.9. The number of amides is 1. The van der Waals surface area contributed by atoms with Crippen molar-refractivity contribution >= 4 is 58.3 Å². The molecule has 0 spiro atoms. The number of hydrogen-bond acceptors (Lipinski definition) is 12. The predicted octanol–water partition coefficient (Wildman–Crippen LogP) is 5.38. The van der Waals surface area contributed by atoms with E-state index in [-0.39, 0.29) is 60.1 Å². The van der Waals surface area contributed by atoms with Crippen LogP contribution in [0, 0.1) is 11.6 Å². The average molecular weight is 939 g/mol. The summed E-state index contributed by atoms with van der Waals surface area (Å²) in [7, 11) is 1.39. The summed E-state index contributed by atoms with van der Waals surface area (Å²) in [5.41, 5.74) is -1.79. The van der Waals surface area contributed by atoms with E-state index in [9.17, 15) is 37.5 Å². The third-order valence-corrected chi connectivity index (χ3v) is 9.29. The van der Waals surface area contributed by atoms with Gasteiger partial charge >= 0.3 is 28.7 Å². The fourth-order valence-electron chi connectivity index (χ4n) is 5.82. The monoisotopic (exact) mass is 937 g/mol. The number of carbonyl (C=O) groups is 2. The number of benzene rings is 4. The topological polar surface area (TPSA) is 223 Å². The third kappa shape index (κ3) is 13.3. The summed E-state index contributed by atoms with van der Waals surface area (Å²) in [5, 5.41) is 18.0. The molecule has 0 radical (unpaired) electrons. The Morgan fingerprint density at radius 1 is 0.631 bits per heavy atom. The van der Waals surface area contributed by atoms with Gasteiger partial charge in [-0.25, -0.2) is 37.1 Å². The van der Waals surface area contributed by atoms with Crippen LogP contribution in [0.15, 0.2) is 104 Å². The van der Waals surface area contributed by atoms with Gasteiger partial charge in [-0.2, -0.15) is 9.97 Å². The summed E-state index contributed by atoms with van der Waals surface area (Å²) in [6.07, 6.45) is -0.436. The molecule has 18 nitrogen and oxygen atoms in total. The maximum Gasteiger partial charge on any atom is 0.355 e. The Balaban J connectivity index is 0.000000244. The SMILES string of the molecule is CC(C)Oc1ccc(Nc2nc(=O)n(CC(=O)O)c(=O)n2Cc2ccc(Cl)cc2)cc1F.CNC(=O)Cn1c(=O)nc(Nc2ccc(OC(C)C)c(F)c2)n(Cc2ccc(Cl)cc2)c1=O. The lowest BCUT2D eigenvalue weighted by Gasteiger charge is -2.16. The van der Waals surface area contributed by atoms with Crippen molar-refractivity contribution in [2.45, 2.75) is 66.1 Å². The van der Waals surface area contributed by atoms with Gasteiger partial charge in [-0.05, 0) is 87.4 Å². The van der Waals surface area contributed by atoms with Crippen molar-refractivity contribution in [2.24, 2.45) is 0 Å². The second-order valence-electron chi connectivity index (χ2n) is 14.5. The number of rotatable bonds is 16. The Morgan fingerprint density at radius 2 is 1.02 bits per heavy atom. The molecule has 1 amide bonds. The van der Waals surface area contributed by atoms with E-state index in [4.69, 9.17) is 37.8 Å². The zero-order valence-electron chi connectivity index (χ0n) is 35.5. The zero-order chi connectivity index (χ0) is 47.5. The van der Waals surface area contributed by atoms with E-state index < -0.39 is 59.4 Å². The summed E-state index contributed by atoms with van der Waals surface area (Å²) < 4.78 is 43.0. The highest BCUT2D eigenvalue weighted by Crippen LogP contribution is 2.25. The van der Waals surface area contributed by atoms with Gasteiger partial charge in [-0.15, -0.1) is 0 Å².